The zero-order valence-electron chi connectivity index (χ0n) is 15.9. The molecule has 3 rings (SSSR count). The molecule has 1 heterocycles. The van der Waals surface area contributed by atoms with E-state index in [9.17, 15) is 18.0 Å². The minimum atomic E-state index is -3.54. The minimum Gasteiger partial charge on any atom is -0.452 e. The van der Waals surface area contributed by atoms with Crippen LogP contribution in [-0.4, -0.2) is 44.3 Å². The van der Waals surface area contributed by atoms with Crippen molar-refractivity contribution in [1.29, 1.82) is 0 Å². The van der Waals surface area contributed by atoms with Crippen molar-refractivity contribution >= 4 is 39.2 Å². The van der Waals surface area contributed by atoms with Crippen LogP contribution in [0.4, 0.5) is 5.69 Å². The second-order valence-corrected chi connectivity index (χ2v) is 9.07. The predicted octanol–water partition coefficient (Wildman–Crippen LogP) is 3.23. The fraction of sp³-hybridized carbons (Fsp3) is 0.300. The van der Waals surface area contributed by atoms with E-state index in [0.717, 1.165) is 18.4 Å². The molecule has 0 bridgehead atoms. The van der Waals surface area contributed by atoms with Gasteiger partial charge in [-0.15, -0.1) is 0 Å². The average molecular weight is 437 g/mol. The SMILES string of the molecule is Cc1ccc(NC(=O)COC(=O)c2ccc(S(=O)(=O)N3CCCC3)cc2)cc1Cl. The molecule has 0 aliphatic carbocycles. The summed E-state index contributed by atoms with van der Waals surface area (Å²) in [5.74, 6) is -1.22. The largest absolute Gasteiger partial charge is 0.452 e. The first-order chi connectivity index (χ1) is 13.8. The second-order valence-electron chi connectivity index (χ2n) is 6.72. The van der Waals surface area contributed by atoms with Crippen molar-refractivity contribution in [3.8, 4) is 0 Å². The van der Waals surface area contributed by atoms with Crippen LogP contribution in [0.1, 0.15) is 28.8 Å². The van der Waals surface area contributed by atoms with E-state index in [1.165, 1.54) is 28.6 Å². The van der Waals surface area contributed by atoms with Gasteiger partial charge in [0.2, 0.25) is 10.0 Å². The number of nitrogens with one attached hydrogen (secondary N) is 1. The maximum atomic E-state index is 12.5. The lowest BCUT2D eigenvalue weighted by Gasteiger charge is -2.15. The molecule has 7 nitrogen and oxygen atoms in total. The maximum absolute atomic E-state index is 12.5. The number of esters is 1. The number of hydrogen-bond acceptors (Lipinski definition) is 5. The van der Waals surface area contributed by atoms with Gasteiger partial charge < -0.3 is 10.1 Å². The van der Waals surface area contributed by atoms with Crippen LogP contribution in [0, 0.1) is 6.92 Å². The molecule has 2 aromatic carbocycles. The molecule has 154 valence electrons. The highest BCUT2D eigenvalue weighted by atomic mass is 35.5. The van der Waals surface area contributed by atoms with Gasteiger partial charge in [0.1, 0.15) is 0 Å². The fourth-order valence-electron chi connectivity index (χ4n) is 2.92. The molecule has 1 saturated heterocycles. The molecular weight excluding hydrogens is 416 g/mol. The highest BCUT2D eigenvalue weighted by Crippen LogP contribution is 2.22. The van der Waals surface area contributed by atoms with E-state index in [2.05, 4.69) is 5.32 Å². The van der Waals surface area contributed by atoms with Crippen LogP contribution in [0.25, 0.3) is 0 Å². The van der Waals surface area contributed by atoms with E-state index < -0.39 is 28.5 Å². The molecule has 0 aromatic heterocycles. The molecule has 1 N–H and O–H groups in total. The van der Waals surface area contributed by atoms with Gasteiger partial charge in [-0.3, -0.25) is 4.79 Å². The molecule has 0 unspecified atom stereocenters. The molecule has 9 heteroatoms. The van der Waals surface area contributed by atoms with E-state index in [-0.39, 0.29) is 10.5 Å². The molecular formula is C20H21ClN2O5S. The molecule has 0 radical (unpaired) electrons. The number of anilines is 1. The Kier molecular flexibility index (Phi) is 6.56. The Bertz CT molecular complexity index is 1020. The summed E-state index contributed by atoms with van der Waals surface area (Å²) in [5, 5.41) is 3.11. The topological polar surface area (TPSA) is 92.8 Å². The lowest BCUT2D eigenvalue weighted by molar-refractivity contribution is -0.119. The zero-order valence-corrected chi connectivity index (χ0v) is 17.4. The minimum absolute atomic E-state index is 0.130. The van der Waals surface area contributed by atoms with Gasteiger partial charge in [0.25, 0.3) is 5.91 Å². The first-order valence-corrected chi connectivity index (χ1v) is 10.9. The first-order valence-electron chi connectivity index (χ1n) is 9.11. The van der Waals surface area contributed by atoms with Gasteiger partial charge in [-0.2, -0.15) is 4.31 Å². The van der Waals surface area contributed by atoms with Crippen molar-refractivity contribution in [3.63, 3.8) is 0 Å². The molecule has 1 aliphatic rings. The number of halogens is 1. The van der Waals surface area contributed by atoms with Crippen LogP contribution in [0.5, 0.6) is 0 Å². The Labute approximate surface area is 174 Å². The number of aryl methyl sites for hydroxylation is 1. The first kappa shape index (κ1) is 21.3. The van der Waals surface area contributed by atoms with Crippen LogP contribution in [0.2, 0.25) is 5.02 Å². The molecule has 1 fully saturated rings. The van der Waals surface area contributed by atoms with E-state index in [1.807, 2.05) is 6.92 Å². The number of benzene rings is 2. The van der Waals surface area contributed by atoms with Gasteiger partial charge >= 0.3 is 5.97 Å². The lowest BCUT2D eigenvalue weighted by Crippen LogP contribution is -2.27. The van der Waals surface area contributed by atoms with Crippen molar-refractivity contribution in [2.24, 2.45) is 0 Å². The third kappa shape index (κ3) is 5.14. The average Bonchev–Trinajstić information content (AvgIpc) is 3.25. The number of carbonyl (C=O) groups is 2. The Morgan fingerprint density at radius 2 is 1.76 bits per heavy atom. The Hall–Kier alpha value is -2.42. The van der Waals surface area contributed by atoms with Crippen molar-refractivity contribution in [3.05, 3.63) is 58.6 Å². The predicted molar refractivity (Wildman–Crippen MR) is 110 cm³/mol. The standard InChI is InChI=1S/C20H21ClN2O5S/c1-14-4-7-16(12-18(14)21)22-19(24)13-28-20(25)15-5-8-17(9-6-15)29(26,27)23-10-2-3-11-23/h4-9,12H,2-3,10-11,13H2,1H3,(H,22,24). The van der Waals surface area contributed by atoms with E-state index in [4.69, 9.17) is 16.3 Å². The molecule has 1 aliphatic heterocycles. The molecule has 29 heavy (non-hydrogen) atoms. The van der Waals surface area contributed by atoms with Crippen molar-refractivity contribution in [2.45, 2.75) is 24.7 Å². The van der Waals surface area contributed by atoms with E-state index >= 15 is 0 Å². The normalized spacial score (nSPS) is 14.6. The second kappa shape index (κ2) is 8.94. The van der Waals surface area contributed by atoms with Crippen LogP contribution < -0.4 is 5.32 Å². The molecule has 0 saturated carbocycles. The van der Waals surface area contributed by atoms with Gasteiger partial charge in [0.15, 0.2) is 6.61 Å². The zero-order chi connectivity index (χ0) is 21.0. The highest BCUT2D eigenvalue weighted by molar-refractivity contribution is 7.89. The number of carbonyl (C=O) groups excluding carboxylic acids is 2. The number of ether oxygens (including phenoxy) is 1. The third-order valence-corrected chi connectivity index (χ3v) is 6.90. The summed E-state index contributed by atoms with van der Waals surface area (Å²) in [7, 11) is -3.54. The van der Waals surface area contributed by atoms with Gasteiger partial charge in [0, 0.05) is 23.8 Å². The summed E-state index contributed by atoms with van der Waals surface area (Å²) < 4.78 is 31.4. The fourth-order valence-corrected chi connectivity index (χ4v) is 4.62. The number of amides is 1. The Balaban J connectivity index is 1.56. The van der Waals surface area contributed by atoms with E-state index in [0.29, 0.717) is 23.8 Å². The monoisotopic (exact) mass is 436 g/mol. The van der Waals surface area contributed by atoms with Crippen molar-refractivity contribution in [2.75, 3.05) is 25.0 Å². The summed E-state index contributed by atoms with van der Waals surface area (Å²) in [6.45, 7) is 2.39. The van der Waals surface area contributed by atoms with Gasteiger partial charge in [-0.25, -0.2) is 13.2 Å². The number of rotatable bonds is 6. The molecule has 0 atom stereocenters. The van der Waals surface area contributed by atoms with Crippen molar-refractivity contribution in [1.82, 2.24) is 4.31 Å². The molecule has 2 aromatic rings. The smallest absolute Gasteiger partial charge is 0.338 e. The summed E-state index contributed by atoms with van der Waals surface area (Å²) in [5.41, 5.74) is 1.54. The van der Waals surface area contributed by atoms with Crippen LogP contribution in [0.15, 0.2) is 47.4 Å². The number of hydrogen-bond donors (Lipinski definition) is 1. The molecule has 0 spiro atoms. The summed E-state index contributed by atoms with van der Waals surface area (Å²) in [6.07, 6.45) is 1.70. The van der Waals surface area contributed by atoms with Crippen LogP contribution >= 0.6 is 11.6 Å². The quantitative estimate of drug-likeness (QED) is 0.702. The van der Waals surface area contributed by atoms with Gasteiger partial charge in [0.05, 0.1) is 10.5 Å². The van der Waals surface area contributed by atoms with E-state index in [1.54, 1.807) is 18.2 Å². The molecule has 1 amide bonds. The Morgan fingerprint density at radius 1 is 1.10 bits per heavy atom. The maximum Gasteiger partial charge on any atom is 0.338 e. The van der Waals surface area contributed by atoms with Gasteiger partial charge in [-0.05, 0) is 61.7 Å². The lowest BCUT2D eigenvalue weighted by atomic mass is 10.2. The highest BCUT2D eigenvalue weighted by Gasteiger charge is 2.27. The number of sulfonamides is 1. The Morgan fingerprint density at radius 3 is 2.38 bits per heavy atom. The van der Waals surface area contributed by atoms with Crippen LogP contribution in [0.3, 0.4) is 0 Å². The summed E-state index contributed by atoms with van der Waals surface area (Å²) in [4.78, 5) is 24.2. The van der Waals surface area contributed by atoms with Gasteiger partial charge in [-0.1, -0.05) is 17.7 Å². The summed E-state index contributed by atoms with van der Waals surface area (Å²) >= 11 is 6.01. The third-order valence-electron chi connectivity index (χ3n) is 4.58. The number of nitrogens with zero attached hydrogens (tertiary/aromatic N) is 1. The van der Waals surface area contributed by atoms with Crippen LogP contribution in [-0.2, 0) is 19.6 Å². The van der Waals surface area contributed by atoms with Crippen molar-refractivity contribution < 1.29 is 22.7 Å². The summed E-state index contributed by atoms with van der Waals surface area (Å²) in [6, 6.07) is 10.6.